The van der Waals surface area contributed by atoms with Gasteiger partial charge < -0.3 is 110 Å². The van der Waals surface area contributed by atoms with Gasteiger partial charge in [-0.15, -0.1) is 0 Å². The average molecular weight is 1780 g/mol. The molecule has 1 saturated carbocycles. The van der Waals surface area contributed by atoms with E-state index in [1.807, 2.05) is 20.8 Å². The number of aliphatic hydroxyl groups is 9. The summed E-state index contributed by atoms with van der Waals surface area (Å²) in [6.45, 7) is 29.3. The van der Waals surface area contributed by atoms with Crippen LogP contribution in [-0.4, -0.2) is 235 Å². The average Bonchev–Trinajstić information content (AvgIpc) is 1.14. The Morgan fingerprint density at radius 3 is 1.29 bits per heavy atom. The molecule has 2 saturated heterocycles. The molecule has 28 nitrogen and oxygen atoms in total. The Hall–Kier alpha value is 4.81. The molecule has 15 unspecified atom stereocenters. The van der Waals surface area contributed by atoms with Crippen molar-refractivity contribution in [2.24, 2.45) is 29.6 Å². The SMILES string of the molecule is CCC(CC)OP(C)N(C(C)C)C(C)C.CCO[C@@H]1[C@@H](CO[PH](=O)OC(CC)CC)C[C@@H](C)[C@@H]1C.CO[PH](=O)OC(CO[PH](=O)OCCCCCOC1OC(CO)C(O)C(O)C1C)CO[PH](=O)OCCCCCOC1OC(CO)C(O)C(O)C1C.OCC(O)CO.[Y].[Y].[Y].[Y]. The standard InChI is InChI=1S/C28H57O19P3.C15H31O4P.C12H28NOP.C3H8O3.4Y/c1-18-23(31)25(33)21(14-29)45-27(18)39-10-6-4-8-12-41-49(36)43-16-20(47-48(35)38-3)17-44-50(37)42-13-9-5-7-11-40-28-19(2)24(32)26(34)22(15-30)46-28;1-6-14(7-2)19-20(16)18-10-13-9-11(4)12(5)15(13)17-8-3;1-8-12(9-2)14-15(7)13(10(3)4)11(5)6;4-1-3(6)2-5;;;;/h18-34,48-50H,4-17H2,1-3H3;11-15,20H,6-10H2,1-5H3;10-12H,8-9H2,1-7H3;3-6H,1-2H2;;;;/t;11-,12+,13-,15+;;;;;;/m.1....../s1. The summed E-state index contributed by atoms with van der Waals surface area (Å²) in [5.74, 6) is 0.523. The fourth-order valence-corrected chi connectivity index (χ4v) is 15.1. The maximum Gasteiger partial charge on any atom is 0.319 e. The normalized spacial score (nSPS) is 26.9. The zero-order valence-corrected chi connectivity index (χ0v) is 75.6. The third kappa shape index (κ3) is 46.7. The molecule has 4 radical (unpaired) electrons. The van der Waals surface area contributed by atoms with Gasteiger partial charge in [-0.05, 0) is 124 Å². The Kier molecular flexibility index (Phi) is 75.1. The van der Waals surface area contributed by atoms with Crippen LogP contribution in [0.3, 0.4) is 0 Å². The molecule has 2 heterocycles. The zero-order valence-electron chi connectivity index (χ0n) is 59.4. The van der Waals surface area contributed by atoms with Gasteiger partial charge >= 0.3 is 33.0 Å². The van der Waals surface area contributed by atoms with Crippen molar-refractivity contribution in [1.82, 2.24) is 4.67 Å². The van der Waals surface area contributed by atoms with E-state index >= 15 is 0 Å². The first-order valence-corrected chi connectivity index (χ1v) is 39.1. The Morgan fingerprint density at radius 2 is 0.937 bits per heavy atom. The van der Waals surface area contributed by atoms with E-state index in [4.69, 9.17) is 75.2 Å². The summed E-state index contributed by atoms with van der Waals surface area (Å²) in [5.41, 5.74) is 0. The molecule has 3 aliphatic rings. The third-order valence-electron chi connectivity index (χ3n) is 15.7. The number of unbranched alkanes of at least 4 members (excludes halogenated alkanes) is 4. The van der Waals surface area contributed by atoms with Gasteiger partial charge in [-0.3, -0.25) is 22.9 Å². The molecule has 95 heavy (non-hydrogen) atoms. The molecule has 0 aromatic rings. The Labute approximate surface area is 673 Å². The largest absolute Gasteiger partial charge is 0.394 e. The molecular formula is C58H124NO27P5Y4. The van der Waals surface area contributed by atoms with E-state index in [9.17, 15) is 48.9 Å². The van der Waals surface area contributed by atoms with Gasteiger partial charge in [-0.2, -0.15) is 0 Å². The van der Waals surface area contributed by atoms with Gasteiger partial charge in [0.05, 0.1) is 90.0 Å². The van der Waals surface area contributed by atoms with Crippen LogP contribution < -0.4 is 0 Å². The quantitative estimate of drug-likeness (QED) is 0.0209. The molecule has 0 spiro atoms. The van der Waals surface area contributed by atoms with E-state index in [2.05, 4.69) is 71.2 Å². The fourth-order valence-electron chi connectivity index (χ4n) is 10.0. The van der Waals surface area contributed by atoms with Crippen molar-refractivity contribution >= 4 is 41.3 Å². The second-order valence-corrected chi connectivity index (χ2v) is 29.4. The molecule has 0 bridgehead atoms. The van der Waals surface area contributed by atoms with Crippen LogP contribution in [0.25, 0.3) is 0 Å². The predicted octanol–water partition coefficient (Wildman–Crippen LogP) is 7.65. The number of ether oxygens (including phenoxy) is 5. The van der Waals surface area contributed by atoms with E-state index in [0.717, 1.165) is 38.7 Å². The van der Waals surface area contributed by atoms with Gasteiger partial charge in [0.15, 0.2) is 12.6 Å². The van der Waals surface area contributed by atoms with Crippen molar-refractivity contribution in [3.05, 3.63) is 0 Å². The molecule has 3 fully saturated rings. The first kappa shape index (κ1) is 108. The van der Waals surface area contributed by atoms with Crippen LogP contribution in [0.2, 0.25) is 0 Å². The molecule has 0 amide bonds. The van der Waals surface area contributed by atoms with Crippen molar-refractivity contribution in [2.75, 3.05) is 93.1 Å². The topological polar surface area (TPSA) is 383 Å². The summed E-state index contributed by atoms with van der Waals surface area (Å²) >= 11 is 0. The number of hydrogen-bond acceptors (Lipinski definition) is 28. The van der Waals surface area contributed by atoms with Crippen LogP contribution in [0.1, 0.15) is 161 Å². The van der Waals surface area contributed by atoms with Crippen LogP contribution >= 0.6 is 41.3 Å². The van der Waals surface area contributed by atoms with Gasteiger partial charge in [0.1, 0.15) is 44.9 Å². The Bertz CT molecular complexity index is 1800. The number of hydrogen-bond donors (Lipinski definition) is 9. The second kappa shape index (κ2) is 65.8. The van der Waals surface area contributed by atoms with Crippen molar-refractivity contribution in [2.45, 2.75) is 252 Å². The predicted molar refractivity (Wildman–Crippen MR) is 349 cm³/mol. The van der Waals surface area contributed by atoms with E-state index in [-0.39, 0.29) is 183 Å². The number of rotatable bonds is 45. The molecule has 37 heteroatoms. The molecule has 3 rings (SSSR count). The van der Waals surface area contributed by atoms with Crippen LogP contribution in [0, 0.1) is 29.6 Å². The molecule has 2 aliphatic heterocycles. The second-order valence-electron chi connectivity index (χ2n) is 23.5. The monoisotopic (exact) mass is 1780 g/mol. The van der Waals surface area contributed by atoms with Crippen LogP contribution in [0.5, 0.6) is 0 Å². The molecule has 9 N–H and O–H groups in total. The van der Waals surface area contributed by atoms with Gasteiger partial charge in [-0.1, -0.05) is 55.4 Å². The van der Waals surface area contributed by atoms with Crippen molar-refractivity contribution in [1.29, 1.82) is 0 Å². The van der Waals surface area contributed by atoms with E-state index < -0.39 is 128 Å². The van der Waals surface area contributed by atoms with E-state index in [0.29, 0.717) is 94.3 Å². The molecule has 0 aromatic carbocycles. The molecule has 19 atom stereocenters. The van der Waals surface area contributed by atoms with Gasteiger partial charge in [-0.25, -0.2) is 0 Å². The van der Waals surface area contributed by atoms with Gasteiger partial charge in [0.25, 0.3) is 0 Å². The van der Waals surface area contributed by atoms with Crippen LogP contribution in [0.4, 0.5) is 0 Å². The van der Waals surface area contributed by atoms with Crippen molar-refractivity contribution < 1.29 is 259 Å². The van der Waals surface area contributed by atoms with E-state index in [1.54, 1.807) is 13.8 Å². The van der Waals surface area contributed by atoms with Crippen molar-refractivity contribution in [3.8, 4) is 0 Å². The summed E-state index contributed by atoms with van der Waals surface area (Å²) in [5, 5.41) is 82.6. The molecular weight excluding hydrogens is 1650 g/mol. The maximum absolute atomic E-state index is 12.2. The van der Waals surface area contributed by atoms with Crippen LogP contribution in [-0.2, 0) is 213 Å². The minimum absolute atomic E-state index is 0. The van der Waals surface area contributed by atoms with Gasteiger partial charge in [0.2, 0.25) is 0 Å². The number of nitrogens with zero attached hydrogens (tertiary/aromatic N) is 1. The third-order valence-corrected chi connectivity index (χ3v) is 21.3. The smallest absolute Gasteiger partial charge is 0.319 e. The Morgan fingerprint density at radius 1 is 0.526 bits per heavy atom. The zero-order chi connectivity index (χ0) is 69.2. The molecule has 0 aromatic heterocycles. The number of aliphatic hydroxyl groups excluding tert-OH is 9. The van der Waals surface area contributed by atoms with E-state index in [1.165, 1.54) is 7.11 Å². The maximum atomic E-state index is 12.2. The summed E-state index contributed by atoms with van der Waals surface area (Å²) in [6.07, 6.45) is -0.612. The molecule has 1 aliphatic carbocycles. The minimum Gasteiger partial charge on any atom is -0.394 e. The first-order chi connectivity index (χ1) is 43.2. The molecule has 560 valence electrons. The van der Waals surface area contributed by atoms with Gasteiger partial charge in [0, 0.05) is 188 Å². The first-order valence-electron chi connectivity index (χ1n) is 32.6. The Balaban J connectivity index is -0.000000489. The summed E-state index contributed by atoms with van der Waals surface area (Å²) in [4.78, 5) is 0. The fraction of sp³-hybridized carbons (Fsp3) is 1.00. The summed E-state index contributed by atoms with van der Waals surface area (Å²) in [6, 6.07) is 1.13. The van der Waals surface area contributed by atoms with Crippen LogP contribution in [0.15, 0.2) is 0 Å². The van der Waals surface area contributed by atoms with Crippen molar-refractivity contribution in [3.63, 3.8) is 0 Å². The summed E-state index contributed by atoms with van der Waals surface area (Å²) in [7, 11) is -10.4. The minimum atomic E-state index is -2.94. The summed E-state index contributed by atoms with van der Waals surface area (Å²) < 4.78 is 126.